The molecule has 136 valence electrons. The Bertz CT molecular complexity index is 751. The number of benzene rings is 2. The van der Waals surface area contributed by atoms with E-state index in [1.54, 1.807) is 6.08 Å². The summed E-state index contributed by atoms with van der Waals surface area (Å²) in [6.45, 7) is 5.74. The molecular formula is C22H26N2O2. The van der Waals surface area contributed by atoms with Crippen LogP contribution >= 0.6 is 0 Å². The summed E-state index contributed by atoms with van der Waals surface area (Å²) >= 11 is 0. The van der Waals surface area contributed by atoms with E-state index in [-0.39, 0.29) is 5.91 Å². The molecule has 0 saturated heterocycles. The van der Waals surface area contributed by atoms with Crippen LogP contribution in [0.4, 0.5) is 0 Å². The Morgan fingerprint density at radius 1 is 1.00 bits per heavy atom. The van der Waals surface area contributed by atoms with Crippen molar-refractivity contribution >= 4 is 11.5 Å². The largest absolute Gasteiger partial charge is 0.380 e. The van der Waals surface area contributed by atoms with Crippen LogP contribution in [0.2, 0.25) is 0 Å². The normalized spacial score (nSPS) is 12.0. The van der Waals surface area contributed by atoms with Gasteiger partial charge in [0.25, 0.3) is 0 Å². The van der Waals surface area contributed by atoms with Crippen molar-refractivity contribution < 1.29 is 9.53 Å². The smallest absolute Gasteiger partial charge is 0.244 e. The summed E-state index contributed by atoms with van der Waals surface area (Å²) in [6, 6.07) is 16.5. The van der Waals surface area contributed by atoms with E-state index in [1.165, 1.54) is 11.1 Å². The van der Waals surface area contributed by atoms with Gasteiger partial charge in [-0.3, -0.25) is 4.79 Å². The van der Waals surface area contributed by atoms with Gasteiger partial charge in [0.05, 0.1) is 6.61 Å². The van der Waals surface area contributed by atoms with Gasteiger partial charge in [-0.25, -0.2) is 0 Å². The standard InChI is InChI=1S/C22H26N2O2/c1-3-26-15-14-24(2)13-12-23-22(25)16-21-19-10-6-4-8-17(19)18-9-5-7-11-20(18)21/h4-11,16H,3,12-15H2,1-2H3,(H,23,25). The molecule has 0 fully saturated rings. The Balaban J connectivity index is 1.64. The highest BCUT2D eigenvalue weighted by Crippen LogP contribution is 2.43. The van der Waals surface area contributed by atoms with Gasteiger partial charge in [-0.1, -0.05) is 48.5 Å². The van der Waals surface area contributed by atoms with Gasteiger partial charge in [0.2, 0.25) is 5.91 Å². The van der Waals surface area contributed by atoms with Crippen molar-refractivity contribution in [3.8, 4) is 11.1 Å². The summed E-state index contributed by atoms with van der Waals surface area (Å²) in [6.07, 6.45) is 1.73. The van der Waals surface area contributed by atoms with Crippen LogP contribution in [0.15, 0.2) is 54.6 Å². The highest BCUT2D eigenvalue weighted by molar-refractivity contribution is 6.08. The Hall–Kier alpha value is -2.43. The van der Waals surface area contributed by atoms with Gasteiger partial charge in [-0.05, 0) is 41.8 Å². The van der Waals surface area contributed by atoms with E-state index in [9.17, 15) is 4.79 Å². The lowest BCUT2D eigenvalue weighted by atomic mass is 10.0. The van der Waals surface area contributed by atoms with Gasteiger partial charge in [-0.2, -0.15) is 0 Å². The van der Waals surface area contributed by atoms with Crippen LogP contribution in [-0.4, -0.2) is 50.7 Å². The Morgan fingerprint density at radius 3 is 2.15 bits per heavy atom. The lowest BCUT2D eigenvalue weighted by Crippen LogP contribution is -2.33. The number of ether oxygens (including phenoxy) is 1. The number of likely N-dealkylation sites (N-methyl/N-ethyl adjacent to an activating group) is 1. The average molecular weight is 350 g/mol. The average Bonchev–Trinajstić information content (AvgIpc) is 2.96. The number of hydrogen-bond acceptors (Lipinski definition) is 3. The van der Waals surface area contributed by atoms with Gasteiger partial charge in [0.15, 0.2) is 0 Å². The molecular weight excluding hydrogens is 324 g/mol. The molecule has 0 saturated carbocycles. The molecule has 1 amide bonds. The van der Waals surface area contributed by atoms with Gasteiger partial charge < -0.3 is 15.0 Å². The van der Waals surface area contributed by atoms with Gasteiger partial charge in [-0.15, -0.1) is 0 Å². The fraction of sp³-hybridized carbons (Fsp3) is 0.318. The first-order valence-corrected chi connectivity index (χ1v) is 9.15. The predicted molar refractivity (Wildman–Crippen MR) is 106 cm³/mol. The first-order valence-electron chi connectivity index (χ1n) is 9.15. The number of amides is 1. The third kappa shape index (κ3) is 4.21. The van der Waals surface area contributed by atoms with Crippen LogP contribution in [0, 0.1) is 0 Å². The monoisotopic (exact) mass is 350 g/mol. The molecule has 0 aliphatic heterocycles. The summed E-state index contributed by atoms with van der Waals surface area (Å²) in [5.74, 6) is -0.0512. The molecule has 2 aromatic carbocycles. The molecule has 1 aliphatic rings. The second-order valence-electron chi connectivity index (χ2n) is 6.44. The second kappa shape index (κ2) is 8.79. The van der Waals surface area contributed by atoms with E-state index in [0.717, 1.165) is 43.0 Å². The Labute approximate surface area is 155 Å². The van der Waals surface area contributed by atoms with Crippen molar-refractivity contribution in [1.82, 2.24) is 10.2 Å². The minimum Gasteiger partial charge on any atom is -0.380 e. The molecule has 0 bridgehead atoms. The van der Waals surface area contributed by atoms with Crippen molar-refractivity contribution in [3.63, 3.8) is 0 Å². The lowest BCUT2D eigenvalue weighted by Gasteiger charge is -2.16. The summed E-state index contributed by atoms with van der Waals surface area (Å²) < 4.78 is 5.35. The zero-order valence-electron chi connectivity index (χ0n) is 15.5. The minimum absolute atomic E-state index is 0.0512. The molecule has 0 unspecified atom stereocenters. The Morgan fingerprint density at radius 2 is 1.58 bits per heavy atom. The van der Waals surface area contributed by atoms with Crippen LogP contribution in [0.1, 0.15) is 18.1 Å². The fourth-order valence-electron chi connectivity index (χ4n) is 3.23. The zero-order valence-corrected chi connectivity index (χ0v) is 15.5. The van der Waals surface area contributed by atoms with E-state index < -0.39 is 0 Å². The molecule has 0 atom stereocenters. The SMILES string of the molecule is CCOCCN(C)CCNC(=O)C=C1c2ccccc2-c2ccccc21. The third-order valence-corrected chi connectivity index (χ3v) is 4.61. The van der Waals surface area contributed by atoms with Crippen LogP contribution in [0.5, 0.6) is 0 Å². The van der Waals surface area contributed by atoms with E-state index in [4.69, 9.17) is 4.74 Å². The summed E-state index contributed by atoms with van der Waals surface area (Å²) in [4.78, 5) is 14.6. The predicted octanol–water partition coefficient (Wildman–Crippen LogP) is 3.18. The van der Waals surface area contributed by atoms with Gasteiger partial charge in [0.1, 0.15) is 0 Å². The fourth-order valence-corrected chi connectivity index (χ4v) is 3.23. The van der Waals surface area contributed by atoms with Crippen LogP contribution in [0.3, 0.4) is 0 Å². The number of fused-ring (bicyclic) bond motifs is 3. The molecule has 4 heteroatoms. The van der Waals surface area contributed by atoms with Crippen LogP contribution < -0.4 is 5.32 Å². The maximum atomic E-state index is 12.4. The third-order valence-electron chi connectivity index (χ3n) is 4.61. The molecule has 2 aromatic rings. The number of rotatable bonds is 8. The highest BCUT2D eigenvalue weighted by Gasteiger charge is 2.22. The first kappa shape index (κ1) is 18.4. The summed E-state index contributed by atoms with van der Waals surface area (Å²) in [7, 11) is 2.03. The van der Waals surface area contributed by atoms with E-state index in [0.29, 0.717) is 6.54 Å². The zero-order chi connectivity index (χ0) is 18.4. The highest BCUT2D eigenvalue weighted by atomic mass is 16.5. The van der Waals surface area contributed by atoms with Gasteiger partial charge in [0, 0.05) is 32.3 Å². The summed E-state index contributed by atoms with van der Waals surface area (Å²) in [5.41, 5.74) is 5.63. The molecule has 3 rings (SSSR count). The number of nitrogens with zero attached hydrogens (tertiary/aromatic N) is 1. The maximum absolute atomic E-state index is 12.4. The lowest BCUT2D eigenvalue weighted by molar-refractivity contribution is -0.116. The second-order valence-corrected chi connectivity index (χ2v) is 6.44. The van der Waals surface area contributed by atoms with Crippen molar-refractivity contribution in [3.05, 3.63) is 65.7 Å². The van der Waals surface area contributed by atoms with E-state index in [2.05, 4.69) is 34.5 Å². The molecule has 0 heterocycles. The van der Waals surface area contributed by atoms with Crippen molar-refractivity contribution in [2.24, 2.45) is 0 Å². The van der Waals surface area contributed by atoms with E-state index >= 15 is 0 Å². The number of hydrogen-bond donors (Lipinski definition) is 1. The first-order chi connectivity index (χ1) is 12.7. The molecule has 0 aromatic heterocycles. The van der Waals surface area contributed by atoms with Crippen LogP contribution in [0.25, 0.3) is 16.7 Å². The van der Waals surface area contributed by atoms with Crippen molar-refractivity contribution in [2.75, 3.05) is 39.9 Å². The molecule has 4 nitrogen and oxygen atoms in total. The van der Waals surface area contributed by atoms with E-state index in [1.807, 2.05) is 38.2 Å². The minimum atomic E-state index is -0.0512. The molecule has 1 N–H and O–H groups in total. The summed E-state index contributed by atoms with van der Waals surface area (Å²) in [5, 5.41) is 2.99. The number of nitrogens with one attached hydrogen (secondary N) is 1. The van der Waals surface area contributed by atoms with Crippen LogP contribution in [-0.2, 0) is 9.53 Å². The molecule has 1 aliphatic carbocycles. The number of carbonyl (C=O) groups is 1. The van der Waals surface area contributed by atoms with Crippen molar-refractivity contribution in [1.29, 1.82) is 0 Å². The van der Waals surface area contributed by atoms with Gasteiger partial charge >= 0.3 is 0 Å². The van der Waals surface area contributed by atoms with Crippen molar-refractivity contribution in [2.45, 2.75) is 6.92 Å². The quantitative estimate of drug-likeness (QED) is 0.501. The molecule has 0 radical (unpaired) electrons. The molecule has 0 spiro atoms. The Kier molecular flexibility index (Phi) is 6.21. The maximum Gasteiger partial charge on any atom is 0.244 e. The molecule has 26 heavy (non-hydrogen) atoms. The topological polar surface area (TPSA) is 41.6 Å². The number of carbonyl (C=O) groups excluding carboxylic acids is 1.